The summed E-state index contributed by atoms with van der Waals surface area (Å²) in [6, 6.07) is 13.5. The molecule has 0 heterocycles. The summed E-state index contributed by atoms with van der Waals surface area (Å²) in [7, 11) is -0.517. The lowest BCUT2D eigenvalue weighted by Crippen LogP contribution is -2.22. The van der Waals surface area contributed by atoms with E-state index in [1.807, 2.05) is 24.3 Å². The van der Waals surface area contributed by atoms with Crippen molar-refractivity contribution in [1.82, 2.24) is 4.31 Å². The molecule has 0 radical (unpaired) electrons. The van der Waals surface area contributed by atoms with Crippen LogP contribution >= 0.6 is 23.4 Å². The molecule has 28 heavy (non-hydrogen) atoms. The molecule has 0 spiro atoms. The zero-order valence-electron chi connectivity index (χ0n) is 15.6. The van der Waals surface area contributed by atoms with Gasteiger partial charge in [-0.15, -0.1) is 11.8 Å². The first kappa shape index (κ1) is 22.5. The van der Waals surface area contributed by atoms with E-state index in [1.54, 1.807) is 12.1 Å². The Balaban J connectivity index is 1.67. The van der Waals surface area contributed by atoms with Crippen molar-refractivity contribution in [1.29, 1.82) is 0 Å². The van der Waals surface area contributed by atoms with Gasteiger partial charge < -0.3 is 9.47 Å². The second kappa shape index (κ2) is 10.7. The molecule has 0 aromatic heterocycles. The Morgan fingerprint density at radius 3 is 2.39 bits per heavy atom. The van der Waals surface area contributed by atoms with Crippen molar-refractivity contribution in [3.05, 3.63) is 53.6 Å². The molecule has 9 heteroatoms. The van der Waals surface area contributed by atoms with Gasteiger partial charge in [-0.05, 0) is 36.4 Å². The average Bonchev–Trinajstić information content (AvgIpc) is 2.67. The van der Waals surface area contributed by atoms with Crippen LogP contribution in [0.2, 0.25) is 5.02 Å². The number of hydrogen-bond donors (Lipinski definition) is 0. The summed E-state index contributed by atoms with van der Waals surface area (Å²) in [4.78, 5) is 12.9. The van der Waals surface area contributed by atoms with Crippen molar-refractivity contribution in [2.45, 2.75) is 16.2 Å². The van der Waals surface area contributed by atoms with Crippen molar-refractivity contribution in [3.63, 3.8) is 0 Å². The van der Waals surface area contributed by atoms with E-state index in [2.05, 4.69) is 0 Å². The number of ether oxygens (including phenoxy) is 2. The van der Waals surface area contributed by atoms with E-state index in [1.165, 1.54) is 38.0 Å². The van der Waals surface area contributed by atoms with Gasteiger partial charge >= 0.3 is 5.97 Å². The van der Waals surface area contributed by atoms with Gasteiger partial charge in [0.2, 0.25) is 10.0 Å². The number of nitrogens with zero attached hydrogens (tertiary/aromatic N) is 1. The van der Waals surface area contributed by atoms with E-state index in [9.17, 15) is 13.2 Å². The van der Waals surface area contributed by atoms with Crippen LogP contribution in [0.25, 0.3) is 0 Å². The van der Waals surface area contributed by atoms with Gasteiger partial charge in [-0.1, -0.05) is 23.7 Å². The van der Waals surface area contributed by atoms with E-state index in [4.69, 9.17) is 21.1 Å². The second-order valence-corrected chi connectivity index (χ2v) is 9.55. The molecule has 0 amide bonds. The number of carbonyl (C=O) groups excluding carboxylic acids is 1. The summed E-state index contributed by atoms with van der Waals surface area (Å²) in [5, 5.41) is 0.665. The van der Waals surface area contributed by atoms with Crippen LogP contribution in [0.1, 0.15) is 6.42 Å². The first-order valence-electron chi connectivity index (χ1n) is 8.49. The standard InChI is InChI=1S/C19H22ClNO5S2/c1-21(2)28(23,24)16-9-7-15(8-10-16)25-12-13-26-19(22)11-14-27-18-6-4-3-5-17(18)20/h3-10H,11-14H2,1-2H3. The smallest absolute Gasteiger partial charge is 0.306 e. The molecule has 0 atom stereocenters. The monoisotopic (exact) mass is 443 g/mol. The molecule has 0 aliphatic rings. The molecule has 0 saturated carbocycles. The third-order valence-electron chi connectivity index (χ3n) is 3.62. The predicted octanol–water partition coefficient (Wildman–Crippen LogP) is 3.69. The van der Waals surface area contributed by atoms with Gasteiger partial charge in [-0.25, -0.2) is 12.7 Å². The van der Waals surface area contributed by atoms with Crippen molar-refractivity contribution in [2.75, 3.05) is 33.1 Å². The highest BCUT2D eigenvalue weighted by molar-refractivity contribution is 7.99. The van der Waals surface area contributed by atoms with E-state index >= 15 is 0 Å². The highest BCUT2D eigenvalue weighted by Crippen LogP contribution is 2.27. The molecule has 2 rings (SSSR count). The lowest BCUT2D eigenvalue weighted by atomic mass is 10.3. The van der Waals surface area contributed by atoms with Crippen molar-refractivity contribution >= 4 is 39.4 Å². The fourth-order valence-electron chi connectivity index (χ4n) is 2.11. The van der Waals surface area contributed by atoms with E-state index in [0.29, 0.717) is 16.5 Å². The number of rotatable bonds is 10. The molecule has 0 N–H and O–H groups in total. The van der Waals surface area contributed by atoms with Crippen LogP contribution in [-0.2, 0) is 19.6 Å². The van der Waals surface area contributed by atoms with Gasteiger partial charge in [0, 0.05) is 24.7 Å². The molecule has 152 valence electrons. The number of sulfonamides is 1. The number of carbonyl (C=O) groups is 1. The van der Waals surface area contributed by atoms with Crippen molar-refractivity contribution in [2.24, 2.45) is 0 Å². The third-order valence-corrected chi connectivity index (χ3v) is 6.96. The summed E-state index contributed by atoms with van der Waals surface area (Å²) >= 11 is 7.56. The first-order valence-corrected chi connectivity index (χ1v) is 11.3. The third kappa shape index (κ3) is 6.70. The lowest BCUT2D eigenvalue weighted by Gasteiger charge is -2.12. The summed E-state index contributed by atoms with van der Waals surface area (Å²) < 4.78 is 35.7. The molecule has 0 unspecified atom stereocenters. The van der Waals surface area contributed by atoms with Crippen LogP contribution in [0.4, 0.5) is 0 Å². The molecule has 0 fully saturated rings. The Kier molecular flexibility index (Phi) is 8.62. The Hall–Kier alpha value is -1.74. The van der Waals surface area contributed by atoms with Gasteiger partial charge in [0.1, 0.15) is 19.0 Å². The minimum absolute atomic E-state index is 0.118. The van der Waals surface area contributed by atoms with Crippen molar-refractivity contribution in [3.8, 4) is 5.75 Å². The molecule has 2 aromatic rings. The maximum absolute atomic E-state index is 12.0. The average molecular weight is 444 g/mol. The Morgan fingerprint density at radius 2 is 1.75 bits per heavy atom. The molecular weight excluding hydrogens is 422 g/mol. The second-order valence-electron chi connectivity index (χ2n) is 5.86. The number of esters is 1. The van der Waals surface area contributed by atoms with Gasteiger partial charge in [0.25, 0.3) is 0 Å². The first-order chi connectivity index (χ1) is 13.3. The van der Waals surface area contributed by atoms with Gasteiger partial charge in [-0.3, -0.25) is 4.79 Å². The fraction of sp³-hybridized carbons (Fsp3) is 0.316. The topological polar surface area (TPSA) is 72.9 Å². The van der Waals surface area contributed by atoms with Crippen LogP contribution in [0.15, 0.2) is 58.3 Å². The predicted molar refractivity (Wildman–Crippen MR) is 111 cm³/mol. The molecule has 0 saturated heterocycles. The highest BCUT2D eigenvalue weighted by Gasteiger charge is 2.16. The maximum atomic E-state index is 12.0. The normalized spacial score (nSPS) is 11.4. The Labute approximate surface area is 174 Å². The fourth-order valence-corrected chi connectivity index (χ4v) is 4.18. The largest absolute Gasteiger partial charge is 0.490 e. The number of benzene rings is 2. The molecule has 0 bridgehead atoms. The summed E-state index contributed by atoms with van der Waals surface area (Å²) in [6.45, 7) is 0.302. The van der Waals surface area contributed by atoms with Crippen LogP contribution in [-0.4, -0.2) is 51.8 Å². The molecule has 0 aliphatic carbocycles. The SMILES string of the molecule is CN(C)S(=O)(=O)c1ccc(OCCOC(=O)CCSc2ccccc2Cl)cc1. The molecule has 0 aliphatic heterocycles. The van der Waals surface area contributed by atoms with Crippen LogP contribution in [0, 0.1) is 0 Å². The summed E-state index contributed by atoms with van der Waals surface area (Å²) in [5.74, 6) is 0.768. The number of halogens is 1. The van der Waals surface area contributed by atoms with Crippen LogP contribution < -0.4 is 4.74 Å². The minimum atomic E-state index is -3.46. The van der Waals surface area contributed by atoms with E-state index < -0.39 is 10.0 Å². The van der Waals surface area contributed by atoms with Gasteiger partial charge in [0.05, 0.1) is 16.3 Å². The zero-order valence-corrected chi connectivity index (χ0v) is 18.0. The van der Waals surface area contributed by atoms with Crippen molar-refractivity contribution < 1.29 is 22.7 Å². The van der Waals surface area contributed by atoms with E-state index in [-0.39, 0.29) is 30.5 Å². The number of hydrogen-bond acceptors (Lipinski definition) is 6. The van der Waals surface area contributed by atoms with E-state index in [0.717, 1.165) is 9.20 Å². The quantitative estimate of drug-likeness (QED) is 0.317. The molecular formula is C19H22ClNO5S2. The molecule has 6 nitrogen and oxygen atoms in total. The Bertz CT molecular complexity index is 885. The zero-order chi connectivity index (χ0) is 20.6. The summed E-state index contributed by atoms with van der Waals surface area (Å²) in [6.07, 6.45) is 0.271. The summed E-state index contributed by atoms with van der Waals surface area (Å²) in [5.41, 5.74) is 0. The molecule has 2 aromatic carbocycles. The number of thioether (sulfide) groups is 1. The lowest BCUT2D eigenvalue weighted by molar-refractivity contribution is -0.143. The Morgan fingerprint density at radius 1 is 1.07 bits per heavy atom. The van der Waals surface area contributed by atoms with Crippen LogP contribution in [0.5, 0.6) is 5.75 Å². The minimum Gasteiger partial charge on any atom is -0.490 e. The maximum Gasteiger partial charge on any atom is 0.306 e. The van der Waals surface area contributed by atoms with Crippen LogP contribution in [0.3, 0.4) is 0 Å². The highest BCUT2D eigenvalue weighted by atomic mass is 35.5. The van der Waals surface area contributed by atoms with Gasteiger partial charge in [-0.2, -0.15) is 0 Å². The van der Waals surface area contributed by atoms with Gasteiger partial charge in [0.15, 0.2) is 0 Å².